The molecule has 3 aromatic rings. The van der Waals surface area contributed by atoms with Gasteiger partial charge in [-0.25, -0.2) is 4.68 Å². The van der Waals surface area contributed by atoms with Gasteiger partial charge in [0.1, 0.15) is 11.8 Å². The lowest BCUT2D eigenvalue weighted by Crippen LogP contribution is -2.01. The molecule has 1 atom stereocenters. The standard InChI is InChI=1S/C16H14ClN3O/c17-14-9-5-4-8-13(14)10-20-11-15(18-19-20)16(21)12-6-2-1-3-7-12/h1-9,11,16,21H,10H2. The Balaban J connectivity index is 1.79. The molecule has 4 nitrogen and oxygen atoms in total. The molecule has 1 aromatic heterocycles. The van der Waals surface area contributed by atoms with Crippen LogP contribution in [0.3, 0.4) is 0 Å². The third kappa shape index (κ3) is 3.12. The average Bonchev–Trinajstić information content (AvgIpc) is 2.98. The van der Waals surface area contributed by atoms with Crippen LogP contribution in [0.2, 0.25) is 5.02 Å². The molecule has 106 valence electrons. The maximum absolute atomic E-state index is 10.3. The number of hydrogen-bond donors (Lipinski definition) is 1. The summed E-state index contributed by atoms with van der Waals surface area (Å²) in [6.45, 7) is 0.522. The fraction of sp³-hybridized carbons (Fsp3) is 0.125. The second-order valence-corrected chi connectivity index (χ2v) is 5.15. The van der Waals surface area contributed by atoms with Gasteiger partial charge in [0, 0.05) is 5.02 Å². The first-order valence-electron chi connectivity index (χ1n) is 6.60. The molecular weight excluding hydrogens is 286 g/mol. The Morgan fingerprint density at radius 1 is 1.05 bits per heavy atom. The second kappa shape index (κ2) is 6.08. The van der Waals surface area contributed by atoms with Crippen LogP contribution in [0.4, 0.5) is 0 Å². The van der Waals surface area contributed by atoms with Crippen molar-refractivity contribution in [2.75, 3.05) is 0 Å². The van der Waals surface area contributed by atoms with Gasteiger partial charge in [0.15, 0.2) is 0 Å². The Bertz CT molecular complexity index is 727. The predicted octanol–water partition coefficient (Wildman–Crippen LogP) is 3.06. The first kappa shape index (κ1) is 13.8. The van der Waals surface area contributed by atoms with Crippen molar-refractivity contribution in [3.05, 3.63) is 82.6 Å². The Morgan fingerprint density at radius 2 is 1.76 bits per heavy atom. The van der Waals surface area contributed by atoms with E-state index in [1.807, 2.05) is 54.6 Å². The molecule has 1 N–H and O–H groups in total. The fourth-order valence-electron chi connectivity index (χ4n) is 2.12. The Labute approximate surface area is 127 Å². The van der Waals surface area contributed by atoms with Crippen molar-refractivity contribution < 1.29 is 5.11 Å². The molecule has 0 radical (unpaired) electrons. The SMILES string of the molecule is OC(c1ccccc1)c1cn(Cc2ccccc2Cl)nn1. The van der Waals surface area contributed by atoms with Crippen LogP contribution in [0.1, 0.15) is 22.9 Å². The number of aromatic nitrogens is 3. The molecule has 21 heavy (non-hydrogen) atoms. The van der Waals surface area contributed by atoms with E-state index in [-0.39, 0.29) is 0 Å². The predicted molar refractivity (Wildman–Crippen MR) is 81.1 cm³/mol. The zero-order valence-corrected chi connectivity index (χ0v) is 12.0. The van der Waals surface area contributed by atoms with Crippen LogP contribution >= 0.6 is 11.6 Å². The van der Waals surface area contributed by atoms with Gasteiger partial charge in [0.2, 0.25) is 0 Å². The zero-order chi connectivity index (χ0) is 14.7. The van der Waals surface area contributed by atoms with Gasteiger partial charge in [-0.05, 0) is 17.2 Å². The minimum Gasteiger partial charge on any atom is -0.382 e. The summed E-state index contributed by atoms with van der Waals surface area (Å²) >= 11 is 6.13. The molecule has 0 saturated carbocycles. The van der Waals surface area contributed by atoms with E-state index < -0.39 is 6.10 Å². The molecule has 5 heteroatoms. The van der Waals surface area contributed by atoms with Crippen molar-refractivity contribution in [3.63, 3.8) is 0 Å². The van der Waals surface area contributed by atoms with Crippen LogP contribution in [0.15, 0.2) is 60.8 Å². The highest BCUT2D eigenvalue weighted by molar-refractivity contribution is 6.31. The highest BCUT2D eigenvalue weighted by atomic mass is 35.5. The van der Waals surface area contributed by atoms with Crippen molar-refractivity contribution in [2.45, 2.75) is 12.6 Å². The average molecular weight is 300 g/mol. The van der Waals surface area contributed by atoms with E-state index in [1.165, 1.54) is 0 Å². The van der Waals surface area contributed by atoms with Crippen LogP contribution in [0, 0.1) is 0 Å². The molecule has 2 aromatic carbocycles. The molecule has 0 aliphatic rings. The van der Waals surface area contributed by atoms with Crippen molar-refractivity contribution in [1.82, 2.24) is 15.0 Å². The molecule has 0 aliphatic heterocycles. The van der Waals surface area contributed by atoms with E-state index in [2.05, 4.69) is 10.3 Å². The van der Waals surface area contributed by atoms with E-state index in [0.717, 1.165) is 11.1 Å². The third-order valence-corrected chi connectivity index (χ3v) is 3.61. The van der Waals surface area contributed by atoms with Crippen LogP contribution in [0.25, 0.3) is 0 Å². The summed E-state index contributed by atoms with van der Waals surface area (Å²) in [7, 11) is 0. The van der Waals surface area contributed by atoms with E-state index in [0.29, 0.717) is 17.3 Å². The summed E-state index contributed by atoms with van der Waals surface area (Å²) < 4.78 is 1.67. The van der Waals surface area contributed by atoms with Crippen molar-refractivity contribution in [3.8, 4) is 0 Å². The van der Waals surface area contributed by atoms with Gasteiger partial charge < -0.3 is 5.11 Å². The van der Waals surface area contributed by atoms with Crippen molar-refractivity contribution in [2.24, 2.45) is 0 Å². The first-order valence-corrected chi connectivity index (χ1v) is 6.98. The van der Waals surface area contributed by atoms with E-state index in [1.54, 1.807) is 10.9 Å². The van der Waals surface area contributed by atoms with Gasteiger partial charge in [-0.2, -0.15) is 0 Å². The maximum atomic E-state index is 10.3. The van der Waals surface area contributed by atoms with E-state index in [9.17, 15) is 5.11 Å². The fourth-order valence-corrected chi connectivity index (χ4v) is 2.32. The summed E-state index contributed by atoms with van der Waals surface area (Å²) in [5.41, 5.74) is 2.28. The van der Waals surface area contributed by atoms with E-state index in [4.69, 9.17) is 11.6 Å². The number of benzene rings is 2. The van der Waals surface area contributed by atoms with Crippen LogP contribution < -0.4 is 0 Å². The normalized spacial score (nSPS) is 12.3. The molecular formula is C16H14ClN3O. The Hall–Kier alpha value is -2.17. The lowest BCUT2D eigenvalue weighted by atomic mass is 10.1. The van der Waals surface area contributed by atoms with Gasteiger partial charge in [0.05, 0.1) is 12.7 Å². The molecule has 1 unspecified atom stereocenters. The lowest BCUT2D eigenvalue weighted by Gasteiger charge is -2.06. The van der Waals surface area contributed by atoms with E-state index >= 15 is 0 Å². The summed E-state index contributed by atoms with van der Waals surface area (Å²) in [5.74, 6) is 0. The van der Waals surface area contributed by atoms with Gasteiger partial charge in [-0.1, -0.05) is 65.3 Å². The number of nitrogens with zero attached hydrogens (tertiary/aromatic N) is 3. The van der Waals surface area contributed by atoms with Gasteiger partial charge in [0.25, 0.3) is 0 Å². The molecule has 0 amide bonds. The third-order valence-electron chi connectivity index (χ3n) is 3.24. The maximum Gasteiger partial charge on any atom is 0.124 e. The molecule has 0 spiro atoms. The summed E-state index contributed by atoms with van der Waals surface area (Å²) in [6, 6.07) is 17.0. The molecule has 1 heterocycles. The highest BCUT2D eigenvalue weighted by Gasteiger charge is 2.14. The van der Waals surface area contributed by atoms with Crippen LogP contribution in [-0.2, 0) is 6.54 Å². The van der Waals surface area contributed by atoms with Crippen molar-refractivity contribution >= 4 is 11.6 Å². The molecule has 3 rings (SSSR count). The molecule has 0 saturated heterocycles. The van der Waals surface area contributed by atoms with Crippen LogP contribution in [-0.4, -0.2) is 20.1 Å². The van der Waals surface area contributed by atoms with Gasteiger partial charge in [-0.15, -0.1) is 5.10 Å². The lowest BCUT2D eigenvalue weighted by molar-refractivity contribution is 0.215. The van der Waals surface area contributed by atoms with Crippen molar-refractivity contribution in [1.29, 1.82) is 0 Å². The summed E-state index contributed by atoms with van der Waals surface area (Å²) in [6.07, 6.45) is 0.965. The largest absolute Gasteiger partial charge is 0.382 e. The minimum atomic E-state index is -0.772. The Kier molecular flexibility index (Phi) is 3.99. The zero-order valence-electron chi connectivity index (χ0n) is 11.2. The number of aliphatic hydroxyl groups excluding tert-OH is 1. The number of rotatable bonds is 4. The monoisotopic (exact) mass is 299 g/mol. The molecule has 0 bridgehead atoms. The van der Waals surface area contributed by atoms with Gasteiger partial charge >= 0.3 is 0 Å². The number of halogens is 1. The van der Waals surface area contributed by atoms with Crippen LogP contribution in [0.5, 0.6) is 0 Å². The number of hydrogen-bond acceptors (Lipinski definition) is 3. The highest BCUT2D eigenvalue weighted by Crippen LogP contribution is 2.20. The molecule has 0 fully saturated rings. The molecule has 0 aliphatic carbocycles. The quantitative estimate of drug-likeness (QED) is 0.805. The first-order chi connectivity index (χ1) is 10.2. The second-order valence-electron chi connectivity index (χ2n) is 4.75. The topological polar surface area (TPSA) is 50.9 Å². The minimum absolute atomic E-state index is 0.522. The van der Waals surface area contributed by atoms with Gasteiger partial charge in [-0.3, -0.25) is 0 Å². The summed E-state index contributed by atoms with van der Waals surface area (Å²) in [4.78, 5) is 0. The Morgan fingerprint density at radius 3 is 2.52 bits per heavy atom. The smallest absolute Gasteiger partial charge is 0.124 e. The summed E-state index contributed by atoms with van der Waals surface area (Å²) in [5, 5.41) is 19.1. The number of aliphatic hydroxyl groups is 1.